The fourth-order valence-electron chi connectivity index (χ4n) is 4.57. The first-order valence-corrected chi connectivity index (χ1v) is 10.6. The SMILES string of the molecule is CC(C)CC(=O)N1Cc2ccccc2CC1C(=O)N(C)CC1CCCCC1. The highest BCUT2D eigenvalue weighted by Gasteiger charge is 2.36. The van der Waals surface area contributed by atoms with Crippen LogP contribution in [0.1, 0.15) is 63.5 Å². The molecule has 0 saturated heterocycles. The number of benzene rings is 1. The zero-order chi connectivity index (χ0) is 19.4. The van der Waals surface area contributed by atoms with E-state index in [1.165, 1.54) is 43.2 Å². The second-order valence-corrected chi connectivity index (χ2v) is 8.83. The normalized spacial score (nSPS) is 20.4. The van der Waals surface area contributed by atoms with Gasteiger partial charge in [0.25, 0.3) is 0 Å². The highest BCUT2D eigenvalue weighted by molar-refractivity contribution is 5.88. The van der Waals surface area contributed by atoms with Crippen LogP contribution >= 0.6 is 0 Å². The number of hydrogen-bond donors (Lipinski definition) is 0. The number of amides is 2. The third-order valence-corrected chi connectivity index (χ3v) is 6.07. The van der Waals surface area contributed by atoms with Gasteiger partial charge in [0.15, 0.2) is 0 Å². The maximum Gasteiger partial charge on any atom is 0.245 e. The molecule has 1 saturated carbocycles. The number of nitrogens with zero attached hydrogens (tertiary/aromatic N) is 2. The number of fused-ring (bicyclic) bond motifs is 1. The fourth-order valence-corrected chi connectivity index (χ4v) is 4.57. The molecule has 0 bridgehead atoms. The maximum atomic E-state index is 13.3. The molecule has 2 amide bonds. The highest BCUT2D eigenvalue weighted by Crippen LogP contribution is 2.28. The van der Waals surface area contributed by atoms with E-state index in [-0.39, 0.29) is 17.9 Å². The molecule has 0 N–H and O–H groups in total. The molecule has 1 fully saturated rings. The van der Waals surface area contributed by atoms with E-state index < -0.39 is 0 Å². The molecule has 0 radical (unpaired) electrons. The van der Waals surface area contributed by atoms with Gasteiger partial charge in [-0.3, -0.25) is 9.59 Å². The smallest absolute Gasteiger partial charge is 0.245 e. The standard InChI is InChI=1S/C23H34N2O2/c1-17(2)13-22(26)25-16-20-12-8-7-11-19(20)14-21(25)23(27)24(3)15-18-9-5-4-6-10-18/h7-8,11-12,17-18,21H,4-6,9-10,13-16H2,1-3H3. The van der Waals surface area contributed by atoms with Gasteiger partial charge in [-0.15, -0.1) is 0 Å². The molecule has 4 heteroatoms. The average molecular weight is 371 g/mol. The van der Waals surface area contributed by atoms with Crippen LogP contribution in [0.3, 0.4) is 0 Å². The predicted octanol–water partition coefficient (Wildman–Crippen LogP) is 4.02. The molecule has 1 aliphatic carbocycles. The largest absolute Gasteiger partial charge is 0.344 e. The molecule has 0 aromatic heterocycles. The number of rotatable bonds is 5. The molecule has 1 atom stereocenters. The minimum Gasteiger partial charge on any atom is -0.344 e. The van der Waals surface area contributed by atoms with Gasteiger partial charge in [-0.05, 0) is 35.8 Å². The summed E-state index contributed by atoms with van der Waals surface area (Å²) < 4.78 is 0. The van der Waals surface area contributed by atoms with Gasteiger partial charge in [0.2, 0.25) is 11.8 Å². The molecule has 27 heavy (non-hydrogen) atoms. The van der Waals surface area contributed by atoms with Crippen molar-refractivity contribution in [2.75, 3.05) is 13.6 Å². The molecule has 0 spiro atoms. The molecule has 3 rings (SSSR count). The van der Waals surface area contributed by atoms with Crippen LogP contribution in [0.15, 0.2) is 24.3 Å². The number of carbonyl (C=O) groups excluding carboxylic acids is 2. The van der Waals surface area contributed by atoms with Crippen LogP contribution in [0.4, 0.5) is 0 Å². The summed E-state index contributed by atoms with van der Waals surface area (Å²) in [5, 5.41) is 0. The van der Waals surface area contributed by atoms with Crippen LogP contribution in [-0.4, -0.2) is 41.2 Å². The Morgan fingerprint density at radius 2 is 1.78 bits per heavy atom. The van der Waals surface area contributed by atoms with Crippen LogP contribution in [0.25, 0.3) is 0 Å². The second-order valence-electron chi connectivity index (χ2n) is 8.83. The van der Waals surface area contributed by atoms with E-state index in [1.807, 2.05) is 29.0 Å². The molecular weight excluding hydrogens is 336 g/mol. The van der Waals surface area contributed by atoms with Crippen molar-refractivity contribution in [3.63, 3.8) is 0 Å². The lowest BCUT2D eigenvalue weighted by Gasteiger charge is -2.39. The first-order chi connectivity index (χ1) is 13.0. The van der Waals surface area contributed by atoms with Gasteiger partial charge in [0.1, 0.15) is 6.04 Å². The van der Waals surface area contributed by atoms with Crippen molar-refractivity contribution in [2.24, 2.45) is 11.8 Å². The Hall–Kier alpha value is -1.84. The van der Waals surface area contributed by atoms with Crippen molar-refractivity contribution in [1.29, 1.82) is 0 Å². The van der Waals surface area contributed by atoms with Gasteiger partial charge < -0.3 is 9.80 Å². The van der Waals surface area contributed by atoms with E-state index in [1.54, 1.807) is 0 Å². The van der Waals surface area contributed by atoms with Crippen molar-refractivity contribution in [3.8, 4) is 0 Å². The Bertz CT molecular complexity index is 664. The lowest BCUT2D eigenvalue weighted by Crippen LogP contribution is -2.53. The minimum absolute atomic E-state index is 0.101. The summed E-state index contributed by atoms with van der Waals surface area (Å²) in [7, 11) is 1.92. The minimum atomic E-state index is -0.361. The van der Waals surface area contributed by atoms with Gasteiger partial charge in [0.05, 0.1) is 0 Å². The van der Waals surface area contributed by atoms with E-state index in [0.29, 0.717) is 31.2 Å². The molecule has 148 valence electrons. The summed E-state index contributed by atoms with van der Waals surface area (Å²) in [6.07, 6.45) is 7.46. The van der Waals surface area contributed by atoms with Gasteiger partial charge in [-0.25, -0.2) is 0 Å². The summed E-state index contributed by atoms with van der Waals surface area (Å²) >= 11 is 0. The van der Waals surface area contributed by atoms with E-state index in [4.69, 9.17) is 0 Å². The van der Waals surface area contributed by atoms with E-state index in [9.17, 15) is 9.59 Å². The predicted molar refractivity (Wildman–Crippen MR) is 108 cm³/mol. The van der Waals surface area contributed by atoms with Crippen molar-refractivity contribution < 1.29 is 9.59 Å². The lowest BCUT2D eigenvalue weighted by molar-refractivity contribution is -0.147. The quantitative estimate of drug-likeness (QED) is 0.785. The van der Waals surface area contributed by atoms with Gasteiger partial charge >= 0.3 is 0 Å². The average Bonchev–Trinajstić information content (AvgIpc) is 2.66. The highest BCUT2D eigenvalue weighted by atomic mass is 16.2. The molecule has 1 heterocycles. The Morgan fingerprint density at radius 3 is 2.44 bits per heavy atom. The molecule has 1 aromatic rings. The topological polar surface area (TPSA) is 40.6 Å². The monoisotopic (exact) mass is 370 g/mol. The van der Waals surface area contributed by atoms with Gasteiger partial charge in [0, 0.05) is 33.0 Å². The zero-order valence-electron chi connectivity index (χ0n) is 17.1. The molecular formula is C23H34N2O2. The van der Waals surface area contributed by atoms with Gasteiger partial charge in [-0.1, -0.05) is 57.4 Å². The van der Waals surface area contributed by atoms with Crippen molar-refractivity contribution in [3.05, 3.63) is 35.4 Å². The lowest BCUT2D eigenvalue weighted by atomic mass is 9.88. The van der Waals surface area contributed by atoms with Crippen LogP contribution in [-0.2, 0) is 22.6 Å². The van der Waals surface area contributed by atoms with Crippen molar-refractivity contribution in [2.45, 2.75) is 71.4 Å². The molecule has 2 aliphatic rings. The van der Waals surface area contributed by atoms with Crippen LogP contribution < -0.4 is 0 Å². The third kappa shape index (κ3) is 4.91. The molecule has 4 nitrogen and oxygen atoms in total. The number of carbonyl (C=O) groups is 2. The van der Waals surface area contributed by atoms with E-state index >= 15 is 0 Å². The molecule has 1 aliphatic heterocycles. The molecule has 1 aromatic carbocycles. The second kappa shape index (κ2) is 8.90. The van der Waals surface area contributed by atoms with Crippen molar-refractivity contribution in [1.82, 2.24) is 9.80 Å². The third-order valence-electron chi connectivity index (χ3n) is 6.07. The van der Waals surface area contributed by atoms with E-state index in [0.717, 1.165) is 6.54 Å². The number of hydrogen-bond acceptors (Lipinski definition) is 2. The summed E-state index contributed by atoms with van der Waals surface area (Å²) in [4.78, 5) is 29.9. The fraction of sp³-hybridized carbons (Fsp3) is 0.652. The number of likely N-dealkylation sites (N-methyl/N-ethyl adjacent to an activating group) is 1. The van der Waals surface area contributed by atoms with Gasteiger partial charge in [-0.2, -0.15) is 0 Å². The summed E-state index contributed by atoms with van der Waals surface area (Å²) in [5.74, 6) is 1.12. The zero-order valence-corrected chi connectivity index (χ0v) is 17.1. The Kier molecular flexibility index (Phi) is 6.56. The first-order valence-electron chi connectivity index (χ1n) is 10.6. The van der Waals surface area contributed by atoms with Crippen LogP contribution in [0.5, 0.6) is 0 Å². The molecule has 1 unspecified atom stereocenters. The van der Waals surface area contributed by atoms with Crippen molar-refractivity contribution >= 4 is 11.8 Å². The summed E-state index contributed by atoms with van der Waals surface area (Å²) in [5.41, 5.74) is 2.38. The first kappa shape index (κ1) is 19.9. The summed E-state index contributed by atoms with van der Waals surface area (Å²) in [6.45, 7) is 5.49. The maximum absolute atomic E-state index is 13.3. The summed E-state index contributed by atoms with van der Waals surface area (Å²) in [6, 6.07) is 7.86. The Balaban J connectivity index is 1.76. The van der Waals surface area contributed by atoms with E-state index in [2.05, 4.69) is 26.0 Å². The van der Waals surface area contributed by atoms with Crippen LogP contribution in [0, 0.1) is 11.8 Å². The Morgan fingerprint density at radius 1 is 1.11 bits per heavy atom. The Labute approximate surface area is 163 Å². The van der Waals surface area contributed by atoms with Crippen LogP contribution in [0.2, 0.25) is 0 Å².